The molecule has 0 N–H and O–H groups in total. The van der Waals surface area contributed by atoms with Crippen LogP contribution in [0.25, 0.3) is 17.2 Å². The summed E-state index contributed by atoms with van der Waals surface area (Å²) in [6.07, 6.45) is 3.76. The average molecular weight is 428 g/mol. The number of hydrogen-bond donors (Lipinski definition) is 0. The lowest BCUT2D eigenvalue weighted by Crippen LogP contribution is -2.40. The molecule has 0 spiro atoms. The molecule has 4 aromatic rings. The molecule has 1 aliphatic rings. The molecule has 0 amide bonds. The molecular formula is C25H25N5O2. The number of para-hydroxylation sites is 1. The third kappa shape index (κ3) is 3.36. The summed E-state index contributed by atoms with van der Waals surface area (Å²) in [7, 11) is 1.68. The monoisotopic (exact) mass is 427 g/mol. The summed E-state index contributed by atoms with van der Waals surface area (Å²) in [6, 6.07) is 19.8. The topological polar surface area (TPSA) is 65.1 Å². The number of aryl methyl sites for hydroxylation is 1. The minimum atomic E-state index is -0.366. The highest BCUT2D eigenvalue weighted by Crippen LogP contribution is 2.32. The molecule has 0 fully saturated rings. The SMILES string of the molecule is C[C@H]1CN(c2ccccc2)c2nc3c(c(=O)n(C/C=C\c4ccccc4)c(=O)n3C)n2C1. The fourth-order valence-corrected chi connectivity index (χ4v) is 4.35. The number of fused-ring (bicyclic) bond motifs is 3. The van der Waals surface area contributed by atoms with Gasteiger partial charge in [0.25, 0.3) is 5.56 Å². The maximum atomic E-state index is 13.5. The van der Waals surface area contributed by atoms with Crippen molar-refractivity contribution in [3.05, 3.63) is 93.1 Å². The van der Waals surface area contributed by atoms with Crippen molar-refractivity contribution in [2.75, 3.05) is 11.4 Å². The lowest BCUT2D eigenvalue weighted by molar-refractivity contribution is 0.458. The summed E-state index contributed by atoms with van der Waals surface area (Å²) >= 11 is 0. The molecule has 0 aliphatic carbocycles. The van der Waals surface area contributed by atoms with Gasteiger partial charge in [-0.15, -0.1) is 0 Å². The molecule has 1 aliphatic heterocycles. The summed E-state index contributed by atoms with van der Waals surface area (Å²) in [4.78, 5) is 33.3. The Hall–Kier alpha value is -3.87. The molecule has 0 saturated heterocycles. The summed E-state index contributed by atoms with van der Waals surface area (Å²) < 4.78 is 4.73. The molecule has 0 radical (unpaired) electrons. The van der Waals surface area contributed by atoms with Crippen LogP contribution in [-0.2, 0) is 20.1 Å². The van der Waals surface area contributed by atoms with Crippen molar-refractivity contribution in [1.29, 1.82) is 0 Å². The zero-order valence-corrected chi connectivity index (χ0v) is 18.2. The van der Waals surface area contributed by atoms with E-state index in [1.54, 1.807) is 7.05 Å². The van der Waals surface area contributed by atoms with Gasteiger partial charge in [0.1, 0.15) is 0 Å². The van der Waals surface area contributed by atoms with Crippen molar-refractivity contribution in [2.24, 2.45) is 13.0 Å². The van der Waals surface area contributed by atoms with E-state index in [-0.39, 0.29) is 17.8 Å². The van der Waals surface area contributed by atoms with Crippen LogP contribution in [0.1, 0.15) is 12.5 Å². The Morgan fingerprint density at radius 1 is 1.00 bits per heavy atom. The highest BCUT2D eigenvalue weighted by Gasteiger charge is 2.29. The van der Waals surface area contributed by atoms with E-state index in [2.05, 4.69) is 11.8 Å². The van der Waals surface area contributed by atoms with Gasteiger partial charge in [-0.05, 0) is 23.6 Å². The minimum absolute atomic E-state index is 0.203. The lowest BCUT2D eigenvalue weighted by Gasteiger charge is -2.32. The number of aromatic nitrogens is 4. The summed E-state index contributed by atoms with van der Waals surface area (Å²) in [5.74, 6) is 1.03. The van der Waals surface area contributed by atoms with Crippen LogP contribution < -0.4 is 16.1 Å². The number of hydrogen-bond acceptors (Lipinski definition) is 4. The predicted octanol–water partition coefficient (Wildman–Crippen LogP) is 3.40. The van der Waals surface area contributed by atoms with Gasteiger partial charge in [0.2, 0.25) is 5.95 Å². The van der Waals surface area contributed by atoms with Crippen LogP contribution in [0.15, 0.2) is 76.3 Å². The van der Waals surface area contributed by atoms with E-state index in [1.165, 1.54) is 9.13 Å². The van der Waals surface area contributed by atoms with Gasteiger partial charge < -0.3 is 9.47 Å². The first kappa shape index (κ1) is 20.1. The second-order valence-corrected chi connectivity index (χ2v) is 8.32. The smallest absolute Gasteiger partial charge is 0.312 e. The van der Waals surface area contributed by atoms with Gasteiger partial charge in [-0.3, -0.25) is 13.9 Å². The molecule has 2 aromatic heterocycles. The van der Waals surface area contributed by atoms with Gasteiger partial charge in [-0.1, -0.05) is 67.6 Å². The zero-order chi connectivity index (χ0) is 22.2. The highest BCUT2D eigenvalue weighted by molar-refractivity contribution is 5.77. The summed E-state index contributed by atoms with van der Waals surface area (Å²) in [6.45, 7) is 3.85. The first-order chi connectivity index (χ1) is 15.5. The van der Waals surface area contributed by atoms with Crippen LogP contribution in [0.3, 0.4) is 0 Å². The van der Waals surface area contributed by atoms with Crippen LogP contribution >= 0.6 is 0 Å². The minimum Gasteiger partial charge on any atom is -0.312 e. The number of rotatable bonds is 4. The Morgan fingerprint density at radius 3 is 2.41 bits per heavy atom. The van der Waals surface area contributed by atoms with E-state index < -0.39 is 0 Å². The fraction of sp³-hybridized carbons (Fsp3) is 0.240. The number of nitrogens with zero attached hydrogens (tertiary/aromatic N) is 5. The van der Waals surface area contributed by atoms with Crippen LogP contribution in [0.4, 0.5) is 11.6 Å². The zero-order valence-electron chi connectivity index (χ0n) is 18.2. The van der Waals surface area contributed by atoms with Gasteiger partial charge >= 0.3 is 5.69 Å². The maximum absolute atomic E-state index is 13.5. The standard InChI is InChI=1S/C25H25N5O2/c1-18-16-29(20-13-7-4-8-14-20)24-26-22-21(30(24)17-18)23(31)28(25(32)27(22)2)15-9-12-19-10-5-3-6-11-19/h3-14,18H,15-17H2,1-2H3/b12-9-/t18-/m0/s1. The van der Waals surface area contributed by atoms with Gasteiger partial charge in [-0.25, -0.2) is 4.79 Å². The average Bonchev–Trinajstić information content (AvgIpc) is 3.20. The van der Waals surface area contributed by atoms with E-state index in [1.807, 2.05) is 77.4 Å². The number of imidazole rings is 1. The van der Waals surface area contributed by atoms with Crippen LogP contribution in [0, 0.1) is 5.92 Å². The molecule has 0 saturated carbocycles. The number of benzene rings is 2. The molecule has 32 heavy (non-hydrogen) atoms. The van der Waals surface area contributed by atoms with Gasteiger partial charge in [-0.2, -0.15) is 4.98 Å². The Kier molecular flexibility index (Phi) is 5.01. The molecule has 7 heteroatoms. The molecule has 7 nitrogen and oxygen atoms in total. The highest BCUT2D eigenvalue weighted by atomic mass is 16.2. The van der Waals surface area contributed by atoms with Crippen molar-refractivity contribution in [3.8, 4) is 0 Å². The first-order valence-electron chi connectivity index (χ1n) is 10.8. The van der Waals surface area contributed by atoms with Crippen molar-refractivity contribution >= 4 is 28.9 Å². The molecular weight excluding hydrogens is 402 g/mol. The van der Waals surface area contributed by atoms with Crippen LogP contribution in [-0.4, -0.2) is 25.2 Å². The Balaban J connectivity index is 1.64. The van der Waals surface area contributed by atoms with Crippen LogP contribution in [0.5, 0.6) is 0 Å². The molecule has 3 heterocycles. The van der Waals surface area contributed by atoms with Gasteiger partial charge in [0.05, 0.1) is 0 Å². The van der Waals surface area contributed by atoms with Gasteiger partial charge in [0.15, 0.2) is 11.2 Å². The third-order valence-corrected chi connectivity index (χ3v) is 5.91. The summed E-state index contributed by atoms with van der Waals surface area (Å²) in [5, 5.41) is 0. The first-order valence-corrected chi connectivity index (χ1v) is 10.8. The fourth-order valence-electron chi connectivity index (χ4n) is 4.35. The van der Waals surface area contributed by atoms with E-state index in [4.69, 9.17) is 4.98 Å². The van der Waals surface area contributed by atoms with Crippen LogP contribution in [0.2, 0.25) is 0 Å². The van der Waals surface area contributed by atoms with E-state index in [0.717, 1.165) is 17.8 Å². The Labute approximate surface area is 185 Å². The van der Waals surface area contributed by atoms with Crippen molar-refractivity contribution in [3.63, 3.8) is 0 Å². The normalized spacial score (nSPS) is 16.1. The molecule has 0 unspecified atom stereocenters. The second kappa shape index (κ2) is 8.00. The quantitative estimate of drug-likeness (QED) is 0.501. The lowest BCUT2D eigenvalue weighted by atomic mass is 10.1. The summed E-state index contributed by atoms with van der Waals surface area (Å²) in [5.41, 5.74) is 2.27. The Bertz CT molecular complexity index is 1410. The van der Waals surface area contributed by atoms with E-state index >= 15 is 0 Å². The van der Waals surface area contributed by atoms with E-state index in [9.17, 15) is 9.59 Å². The van der Waals surface area contributed by atoms with E-state index in [0.29, 0.717) is 29.6 Å². The maximum Gasteiger partial charge on any atom is 0.332 e. The molecule has 2 aromatic carbocycles. The predicted molar refractivity (Wildman–Crippen MR) is 127 cm³/mol. The van der Waals surface area contributed by atoms with Gasteiger partial charge in [0, 0.05) is 32.4 Å². The van der Waals surface area contributed by atoms with Crippen molar-refractivity contribution in [2.45, 2.75) is 20.0 Å². The number of anilines is 2. The largest absolute Gasteiger partial charge is 0.332 e. The molecule has 5 rings (SSSR count). The molecule has 162 valence electrons. The third-order valence-electron chi connectivity index (χ3n) is 5.91. The Morgan fingerprint density at radius 2 is 1.69 bits per heavy atom. The molecule has 0 bridgehead atoms. The van der Waals surface area contributed by atoms with Crippen molar-refractivity contribution in [1.82, 2.24) is 18.7 Å². The number of allylic oxidation sites excluding steroid dienone is 1. The van der Waals surface area contributed by atoms with Crippen molar-refractivity contribution < 1.29 is 0 Å². The second-order valence-electron chi connectivity index (χ2n) is 8.32. The molecule has 1 atom stereocenters.